The van der Waals surface area contributed by atoms with Gasteiger partial charge in [0.05, 0.1) is 0 Å². The van der Waals surface area contributed by atoms with Crippen LogP contribution in [0.2, 0.25) is 0 Å². The number of ether oxygens (including phenoxy) is 4. The minimum atomic E-state index is -0.107. The van der Waals surface area contributed by atoms with Crippen LogP contribution in [0.1, 0.15) is 77.5 Å². The van der Waals surface area contributed by atoms with Crippen molar-refractivity contribution in [3.8, 4) is 46.0 Å². The molecule has 8 nitrogen and oxygen atoms in total. The highest BCUT2D eigenvalue weighted by Crippen LogP contribution is 2.28. The quantitative estimate of drug-likeness (QED) is 0.0997. The number of carbonyl (C=O) groups excluding carboxylic acids is 4. The van der Waals surface area contributed by atoms with Gasteiger partial charge in [0.15, 0.2) is 23.1 Å². The fourth-order valence-corrected chi connectivity index (χ4v) is 6.35. The van der Waals surface area contributed by atoms with Crippen molar-refractivity contribution in [1.29, 1.82) is 0 Å². The standard InChI is InChI=1S/2C28H22O4/c1-19-6-12-24(13-7-19)31-25-14-8-21(9-15-25)28(30)22-10-16-26(17-11-22)32-27-5-3-4-23(18-27)20(2)29;1-19-6-12-24(13-7-19)31-25-16-10-22(11-17-25)28(30)23-4-3-5-27(18-23)32-26-14-8-21(9-15-26)20(2)29/h2*3-18H,1-2H3. The third-order valence-electron chi connectivity index (χ3n) is 9.93. The van der Waals surface area contributed by atoms with Gasteiger partial charge in [0.2, 0.25) is 0 Å². The Balaban J connectivity index is 0.000000191. The predicted molar refractivity (Wildman–Crippen MR) is 248 cm³/mol. The SMILES string of the molecule is CC(=O)c1ccc(Oc2cccc(C(=O)c3ccc(Oc4ccc(C)cc4)cc3)c2)cc1.CC(=O)c1cccc(Oc2ccc(C(=O)c3ccc(Oc4ccc(C)cc4)cc3)cc2)c1. The molecule has 0 amide bonds. The number of Topliss-reactive ketones (excluding diaryl/α,β-unsaturated/α-hetero) is 2. The van der Waals surface area contributed by atoms with Crippen molar-refractivity contribution in [2.24, 2.45) is 0 Å². The minimum absolute atomic E-state index is 0.000529. The Hall–Kier alpha value is -8.36. The Morgan fingerprint density at radius 1 is 0.281 bits per heavy atom. The summed E-state index contributed by atoms with van der Waals surface area (Å²) in [6.07, 6.45) is 0. The lowest BCUT2D eigenvalue weighted by Gasteiger charge is -2.09. The van der Waals surface area contributed by atoms with E-state index in [0.29, 0.717) is 67.9 Å². The van der Waals surface area contributed by atoms with E-state index in [9.17, 15) is 19.2 Å². The maximum Gasteiger partial charge on any atom is 0.193 e. The maximum absolute atomic E-state index is 12.9. The molecule has 0 aromatic heterocycles. The van der Waals surface area contributed by atoms with Crippen LogP contribution >= 0.6 is 0 Å². The molecule has 0 aliphatic carbocycles. The van der Waals surface area contributed by atoms with Gasteiger partial charge in [-0.1, -0.05) is 59.7 Å². The van der Waals surface area contributed by atoms with Crippen molar-refractivity contribution in [2.75, 3.05) is 0 Å². The van der Waals surface area contributed by atoms with Gasteiger partial charge < -0.3 is 18.9 Å². The van der Waals surface area contributed by atoms with Crippen LogP contribution in [-0.2, 0) is 0 Å². The smallest absolute Gasteiger partial charge is 0.193 e. The molecule has 0 atom stereocenters. The fraction of sp³-hybridized carbons (Fsp3) is 0.0714. The first kappa shape index (κ1) is 43.7. The zero-order valence-electron chi connectivity index (χ0n) is 35.7. The Morgan fingerprint density at radius 2 is 0.547 bits per heavy atom. The van der Waals surface area contributed by atoms with Crippen LogP contribution in [0.5, 0.6) is 46.0 Å². The molecule has 0 unspecified atom stereocenters. The van der Waals surface area contributed by atoms with Crippen molar-refractivity contribution < 1.29 is 38.1 Å². The molecule has 8 rings (SSSR count). The molecule has 0 aliphatic rings. The molecule has 8 aromatic rings. The highest BCUT2D eigenvalue weighted by molar-refractivity contribution is 6.09. The Labute approximate surface area is 372 Å². The molecule has 8 aromatic carbocycles. The zero-order chi connectivity index (χ0) is 45.0. The van der Waals surface area contributed by atoms with Crippen LogP contribution in [0.3, 0.4) is 0 Å². The van der Waals surface area contributed by atoms with Gasteiger partial charge in [-0.15, -0.1) is 0 Å². The number of carbonyl (C=O) groups is 4. The number of aryl methyl sites for hydroxylation is 2. The first-order chi connectivity index (χ1) is 30.9. The second-order valence-corrected chi connectivity index (χ2v) is 15.0. The lowest BCUT2D eigenvalue weighted by molar-refractivity contribution is 0.100. The molecule has 0 saturated carbocycles. The lowest BCUT2D eigenvalue weighted by Crippen LogP contribution is -2.01. The third-order valence-corrected chi connectivity index (χ3v) is 9.93. The molecule has 0 spiro atoms. The number of hydrogen-bond donors (Lipinski definition) is 0. The van der Waals surface area contributed by atoms with Crippen molar-refractivity contribution >= 4 is 23.1 Å². The van der Waals surface area contributed by atoms with E-state index in [0.717, 1.165) is 17.1 Å². The summed E-state index contributed by atoms with van der Waals surface area (Å²) in [5.41, 5.74) is 5.75. The number of ketones is 4. The summed E-state index contributed by atoms with van der Waals surface area (Å²) in [6.45, 7) is 7.08. The molecule has 0 heterocycles. The van der Waals surface area contributed by atoms with Crippen LogP contribution in [0.4, 0.5) is 0 Å². The van der Waals surface area contributed by atoms with E-state index < -0.39 is 0 Å². The van der Waals surface area contributed by atoms with Crippen LogP contribution in [-0.4, -0.2) is 23.1 Å². The summed E-state index contributed by atoms with van der Waals surface area (Å²) in [5, 5.41) is 0. The Morgan fingerprint density at radius 3 is 0.891 bits per heavy atom. The van der Waals surface area contributed by atoms with E-state index in [2.05, 4.69) is 0 Å². The van der Waals surface area contributed by atoms with Crippen LogP contribution in [0.25, 0.3) is 0 Å². The fourth-order valence-electron chi connectivity index (χ4n) is 6.35. The first-order valence-corrected chi connectivity index (χ1v) is 20.5. The number of hydrogen-bond acceptors (Lipinski definition) is 8. The molecule has 0 bridgehead atoms. The summed E-state index contributed by atoms with van der Waals surface area (Å²) in [7, 11) is 0. The monoisotopic (exact) mass is 844 g/mol. The average Bonchev–Trinajstić information content (AvgIpc) is 3.31. The molecule has 64 heavy (non-hydrogen) atoms. The van der Waals surface area contributed by atoms with Crippen molar-refractivity contribution in [1.82, 2.24) is 0 Å². The molecular formula is C56H44O8. The Kier molecular flexibility index (Phi) is 14.0. The summed E-state index contributed by atoms with van der Waals surface area (Å²) in [4.78, 5) is 48.7. The van der Waals surface area contributed by atoms with Gasteiger partial charge in [-0.05, 0) is 173 Å². The van der Waals surface area contributed by atoms with Gasteiger partial charge in [-0.25, -0.2) is 0 Å². The van der Waals surface area contributed by atoms with Gasteiger partial charge >= 0.3 is 0 Å². The van der Waals surface area contributed by atoms with E-state index in [1.54, 1.807) is 146 Å². The first-order valence-electron chi connectivity index (χ1n) is 20.5. The topological polar surface area (TPSA) is 105 Å². The summed E-state index contributed by atoms with van der Waals surface area (Å²) < 4.78 is 23.3. The van der Waals surface area contributed by atoms with Crippen LogP contribution < -0.4 is 18.9 Å². The van der Waals surface area contributed by atoms with Gasteiger partial charge in [0, 0.05) is 33.4 Å². The maximum atomic E-state index is 12.9. The van der Waals surface area contributed by atoms with E-state index in [1.165, 1.54) is 19.4 Å². The average molecular weight is 845 g/mol. The second-order valence-electron chi connectivity index (χ2n) is 15.0. The number of rotatable bonds is 14. The minimum Gasteiger partial charge on any atom is -0.457 e. The highest BCUT2D eigenvalue weighted by atomic mass is 16.5. The van der Waals surface area contributed by atoms with Gasteiger partial charge in [-0.3, -0.25) is 19.2 Å². The zero-order valence-corrected chi connectivity index (χ0v) is 35.7. The predicted octanol–water partition coefficient (Wildman–Crippen LogP) is 14.0. The largest absolute Gasteiger partial charge is 0.457 e. The van der Waals surface area contributed by atoms with Gasteiger partial charge in [-0.2, -0.15) is 0 Å². The van der Waals surface area contributed by atoms with E-state index in [1.807, 2.05) is 62.4 Å². The van der Waals surface area contributed by atoms with E-state index in [-0.39, 0.29) is 23.1 Å². The molecule has 0 radical (unpaired) electrons. The van der Waals surface area contributed by atoms with Crippen molar-refractivity contribution in [3.05, 3.63) is 239 Å². The third kappa shape index (κ3) is 11.9. The van der Waals surface area contributed by atoms with Gasteiger partial charge in [0.1, 0.15) is 46.0 Å². The number of benzene rings is 8. The molecule has 0 fully saturated rings. The highest BCUT2D eigenvalue weighted by Gasteiger charge is 2.13. The molecule has 0 saturated heterocycles. The molecular weight excluding hydrogens is 801 g/mol. The molecule has 8 heteroatoms. The van der Waals surface area contributed by atoms with Crippen LogP contribution in [0, 0.1) is 13.8 Å². The van der Waals surface area contributed by atoms with E-state index in [4.69, 9.17) is 18.9 Å². The molecule has 0 aliphatic heterocycles. The molecule has 0 N–H and O–H groups in total. The molecule has 316 valence electrons. The van der Waals surface area contributed by atoms with Crippen LogP contribution in [0.15, 0.2) is 194 Å². The Bertz CT molecular complexity index is 2880. The van der Waals surface area contributed by atoms with Crippen molar-refractivity contribution in [3.63, 3.8) is 0 Å². The second kappa shape index (κ2) is 20.5. The van der Waals surface area contributed by atoms with Gasteiger partial charge in [0.25, 0.3) is 0 Å². The summed E-state index contributed by atoms with van der Waals surface area (Å²) in [5.74, 6) is 4.91. The normalized spacial score (nSPS) is 10.4. The summed E-state index contributed by atoms with van der Waals surface area (Å²) in [6, 6.07) is 57.6. The van der Waals surface area contributed by atoms with E-state index >= 15 is 0 Å². The summed E-state index contributed by atoms with van der Waals surface area (Å²) >= 11 is 0. The lowest BCUT2D eigenvalue weighted by atomic mass is 10.0. The van der Waals surface area contributed by atoms with Crippen molar-refractivity contribution in [2.45, 2.75) is 27.7 Å².